The Morgan fingerprint density at radius 2 is 2.04 bits per heavy atom. The predicted molar refractivity (Wildman–Crippen MR) is 113 cm³/mol. The van der Waals surface area contributed by atoms with Crippen LogP contribution in [0.25, 0.3) is 0 Å². The lowest BCUT2D eigenvalue weighted by Crippen LogP contribution is -2.53. The maximum Gasteiger partial charge on any atom is 0.194 e. The molecule has 2 aliphatic heterocycles. The molecule has 0 aliphatic carbocycles. The number of hydrogen-bond acceptors (Lipinski definition) is 5. The minimum atomic E-state index is 0. The van der Waals surface area contributed by atoms with Gasteiger partial charge in [0.25, 0.3) is 0 Å². The fourth-order valence-corrected chi connectivity index (χ4v) is 3.54. The maximum absolute atomic E-state index is 5.50. The van der Waals surface area contributed by atoms with Crippen LogP contribution in [0.2, 0.25) is 0 Å². The lowest BCUT2D eigenvalue weighted by Gasteiger charge is -2.37. The molecule has 2 aliphatic rings. The molecule has 1 aromatic heterocycles. The summed E-state index contributed by atoms with van der Waals surface area (Å²) in [5.41, 5.74) is 2.02. The van der Waals surface area contributed by atoms with Crippen molar-refractivity contribution in [1.82, 2.24) is 20.3 Å². The van der Waals surface area contributed by atoms with Gasteiger partial charge in [-0.1, -0.05) is 5.16 Å². The van der Waals surface area contributed by atoms with Crippen LogP contribution in [0.15, 0.2) is 9.52 Å². The summed E-state index contributed by atoms with van der Waals surface area (Å²) in [5, 5.41) is 7.44. The number of piperazine rings is 1. The van der Waals surface area contributed by atoms with Gasteiger partial charge in [-0.15, -0.1) is 24.0 Å². The van der Waals surface area contributed by atoms with E-state index in [9.17, 15) is 0 Å². The fraction of sp³-hybridized carbons (Fsp3) is 0.778. The number of aliphatic imine (C=N–C) groups is 1. The van der Waals surface area contributed by atoms with Crippen molar-refractivity contribution in [2.45, 2.75) is 33.7 Å². The van der Waals surface area contributed by atoms with Crippen molar-refractivity contribution in [1.29, 1.82) is 0 Å². The van der Waals surface area contributed by atoms with E-state index < -0.39 is 0 Å². The van der Waals surface area contributed by atoms with Crippen molar-refractivity contribution >= 4 is 29.9 Å². The van der Waals surface area contributed by atoms with E-state index in [0.717, 1.165) is 68.9 Å². The molecule has 0 radical (unpaired) electrons. The third kappa shape index (κ3) is 5.56. The second-order valence-corrected chi connectivity index (χ2v) is 6.99. The number of aryl methyl sites for hydroxylation is 2. The van der Waals surface area contributed by atoms with Crippen molar-refractivity contribution in [3.8, 4) is 0 Å². The van der Waals surface area contributed by atoms with E-state index >= 15 is 0 Å². The highest BCUT2D eigenvalue weighted by atomic mass is 127. The van der Waals surface area contributed by atoms with E-state index in [1.807, 2.05) is 13.8 Å². The second-order valence-electron chi connectivity index (χ2n) is 6.99. The number of hydrogen-bond donors (Lipinski definition) is 1. The molecule has 1 atom stereocenters. The van der Waals surface area contributed by atoms with Crippen LogP contribution in [0, 0.1) is 19.8 Å². The van der Waals surface area contributed by atoms with Gasteiger partial charge >= 0.3 is 0 Å². The molecular weight excluding hydrogens is 445 g/mol. The van der Waals surface area contributed by atoms with Gasteiger partial charge in [0.15, 0.2) is 5.96 Å². The highest BCUT2D eigenvalue weighted by Crippen LogP contribution is 2.16. The van der Waals surface area contributed by atoms with E-state index in [0.29, 0.717) is 12.5 Å². The van der Waals surface area contributed by atoms with Crippen molar-refractivity contribution in [3.63, 3.8) is 0 Å². The monoisotopic (exact) mass is 477 g/mol. The van der Waals surface area contributed by atoms with Crippen LogP contribution in [0.3, 0.4) is 0 Å². The molecule has 1 aromatic rings. The van der Waals surface area contributed by atoms with Crippen LogP contribution in [0.4, 0.5) is 0 Å². The molecule has 2 saturated heterocycles. The number of rotatable bonds is 5. The normalized spacial score (nSPS) is 21.7. The molecule has 0 spiro atoms. The van der Waals surface area contributed by atoms with E-state index in [1.165, 1.54) is 13.0 Å². The standard InChI is InChI=1S/C18H31N5O2.HI/c1-4-19-18(20-11-17-14(2)21-25-15(17)3)23-8-6-22(7-9-23)12-16-5-10-24-13-16;/h16H,4-13H2,1-3H3,(H,19,20);1H. The van der Waals surface area contributed by atoms with Gasteiger partial charge < -0.3 is 19.5 Å². The van der Waals surface area contributed by atoms with Gasteiger partial charge in [-0.05, 0) is 33.1 Å². The predicted octanol–water partition coefficient (Wildman–Crippen LogP) is 2.03. The summed E-state index contributed by atoms with van der Waals surface area (Å²) in [6, 6.07) is 0. The van der Waals surface area contributed by atoms with E-state index in [1.54, 1.807) is 0 Å². The largest absolute Gasteiger partial charge is 0.381 e. The van der Waals surface area contributed by atoms with Crippen LogP contribution in [0.5, 0.6) is 0 Å². The molecule has 26 heavy (non-hydrogen) atoms. The van der Waals surface area contributed by atoms with E-state index in [2.05, 4.69) is 27.2 Å². The Balaban J connectivity index is 0.00000243. The molecule has 0 amide bonds. The molecular formula is C18H32IN5O2. The first kappa shape index (κ1) is 21.4. The number of nitrogens with one attached hydrogen (secondary N) is 1. The van der Waals surface area contributed by atoms with Gasteiger partial charge in [-0.25, -0.2) is 4.99 Å². The summed E-state index contributed by atoms with van der Waals surface area (Å²) in [7, 11) is 0. The quantitative estimate of drug-likeness (QED) is 0.398. The van der Waals surface area contributed by atoms with Crippen molar-refractivity contribution < 1.29 is 9.26 Å². The second kappa shape index (κ2) is 10.5. The highest BCUT2D eigenvalue weighted by Gasteiger charge is 2.24. The minimum absolute atomic E-state index is 0. The third-order valence-corrected chi connectivity index (χ3v) is 5.12. The Morgan fingerprint density at radius 1 is 1.27 bits per heavy atom. The summed E-state index contributed by atoms with van der Waals surface area (Å²) in [5.74, 6) is 2.57. The maximum atomic E-state index is 5.50. The number of aromatic nitrogens is 1. The van der Waals surface area contributed by atoms with Crippen LogP contribution in [-0.4, -0.2) is 73.4 Å². The lowest BCUT2D eigenvalue weighted by molar-refractivity contribution is 0.139. The zero-order chi connectivity index (χ0) is 17.6. The molecule has 0 bridgehead atoms. The Bertz CT molecular complexity index is 559. The Hall–Kier alpha value is -0.870. The molecule has 0 saturated carbocycles. The van der Waals surface area contributed by atoms with Gasteiger partial charge in [0.05, 0.1) is 18.8 Å². The van der Waals surface area contributed by atoms with Gasteiger partial charge in [0, 0.05) is 51.4 Å². The van der Waals surface area contributed by atoms with Crippen LogP contribution < -0.4 is 5.32 Å². The number of guanidine groups is 1. The molecule has 3 rings (SSSR count). The van der Waals surface area contributed by atoms with Crippen molar-refractivity contribution in [2.75, 3.05) is 52.5 Å². The molecule has 0 aromatic carbocycles. The minimum Gasteiger partial charge on any atom is -0.381 e. The first-order chi connectivity index (χ1) is 12.2. The molecule has 2 fully saturated rings. The summed E-state index contributed by atoms with van der Waals surface area (Å²) >= 11 is 0. The van der Waals surface area contributed by atoms with Gasteiger partial charge in [-0.3, -0.25) is 4.90 Å². The molecule has 148 valence electrons. The topological polar surface area (TPSA) is 66.1 Å². The fourth-order valence-electron chi connectivity index (χ4n) is 3.54. The smallest absolute Gasteiger partial charge is 0.194 e. The summed E-state index contributed by atoms with van der Waals surface area (Å²) in [6.07, 6.45) is 1.21. The lowest BCUT2D eigenvalue weighted by atomic mass is 10.1. The number of halogens is 1. The Morgan fingerprint density at radius 3 is 2.62 bits per heavy atom. The average Bonchev–Trinajstić information content (AvgIpc) is 3.23. The summed E-state index contributed by atoms with van der Waals surface area (Å²) in [4.78, 5) is 9.75. The Labute approximate surface area is 173 Å². The van der Waals surface area contributed by atoms with Crippen molar-refractivity contribution in [3.05, 3.63) is 17.0 Å². The molecule has 3 heterocycles. The van der Waals surface area contributed by atoms with Crippen molar-refractivity contribution in [2.24, 2.45) is 10.9 Å². The van der Waals surface area contributed by atoms with Crippen LogP contribution >= 0.6 is 24.0 Å². The average molecular weight is 477 g/mol. The van der Waals surface area contributed by atoms with Crippen LogP contribution in [0.1, 0.15) is 30.4 Å². The first-order valence-electron chi connectivity index (χ1n) is 9.42. The number of ether oxygens (including phenoxy) is 1. The van der Waals surface area contributed by atoms with Gasteiger partial charge in [-0.2, -0.15) is 0 Å². The van der Waals surface area contributed by atoms with E-state index in [4.69, 9.17) is 14.3 Å². The molecule has 8 heteroatoms. The summed E-state index contributed by atoms with van der Waals surface area (Å²) < 4.78 is 10.7. The van der Waals surface area contributed by atoms with E-state index in [-0.39, 0.29) is 24.0 Å². The number of nitrogens with zero attached hydrogens (tertiary/aromatic N) is 4. The van der Waals surface area contributed by atoms with Gasteiger partial charge in [0.1, 0.15) is 5.76 Å². The third-order valence-electron chi connectivity index (χ3n) is 5.12. The first-order valence-corrected chi connectivity index (χ1v) is 9.42. The zero-order valence-corrected chi connectivity index (χ0v) is 18.5. The summed E-state index contributed by atoms with van der Waals surface area (Å²) in [6.45, 7) is 14.8. The molecule has 1 unspecified atom stereocenters. The Kier molecular flexibility index (Phi) is 8.62. The van der Waals surface area contributed by atoms with Crippen LogP contribution in [-0.2, 0) is 11.3 Å². The SMILES string of the molecule is CCNC(=NCc1c(C)noc1C)N1CCN(CC2CCOC2)CC1.I. The zero-order valence-electron chi connectivity index (χ0n) is 16.2. The highest BCUT2D eigenvalue weighted by molar-refractivity contribution is 14.0. The van der Waals surface area contributed by atoms with Gasteiger partial charge in [0.2, 0.25) is 0 Å². The molecule has 7 nitrogen and oxygen atoms in total. The molecule has 1 N–H and O–H groups in total.